The number of aliphatic hydroxyl groups is 1. The second-order valence-electron chi connectivity index (χ2n) is 9.98. The Morgan fingerprint density at radius 1 is 1.17 bits per heavy atom. The summed E-state index contributed by atoms with van der Waals surface area (Å²) >= 11 is 3.60. The van der Waals surface area contributed by atoms with E-state index in [1.165, 1.54) is 7.11 Å². The van der Waals surface area contributed by atoms with E-state index in [9.17, 15) is 14.7 Å². The molecule has 3 atom stereocenters. The van der Waals surface area contributed by atoms with E-state index in [1.807, 2.05) is 51.6 Å². The number of methoxy groups -OCH3 is 1. The van der Waals surface area contributed by atoms with Crippen molar-refractivity contribution < 1.29 is 24.2 Å². The van der Waals surface area contributed by atoms with E-state index in [-0.39, 0.29) is 12.3 Å². The van der Waals surface area contributed by atoms with Crippen LogP contribution in [0.25, 0.3) is 43.6 Å². The molecule has 3 aliphatic heterocycles. The fraction of sp³-hybridized carbons (Fsp3) is 0.259. The average Bonchev–Trinajstić information content (AvgIpc) is 3.55. The van der Waals surface area contributed by atoms with Crippen molar-refractivity contribution in [3.8, 4) is 0 Å². The van der Waals surface area contributed by atoms with Crippen LogP contribution in [0, 0.1) is 0 Å². The largest absolute Gasteiger partial charge is 0.467 e. The van der Waals surface area contributed by atoms with E-state index in [0.717, 1.165) is 53.6 Å². The van der Waals surface area contributed by atoms with Crippen molar-refractivity contribution in [1.82, 2.24) is 14.5 Å². The van der Waals surface area contributed by atoms with Gasteiger partial charge in [-0.25, -0.2) is 4.79 Å². The highest BCUT2D eigenvalue weighted by molar-refractivity contribution is 9.10. The molecule has 2 bridgehead atoms. The minimum absolute atomic E-state index is 0.00182. The number of carbonyl (C=O) groups excluding carboxylic acids is 2. The summed E-state index contributed by atoms with van der Waals surface area (Å²) in [5, 5.41) is 18.7. The lowest BCUT2D eigenvalue weighted by atomic mass is 9.88. The van der Waals surface area contributed by atoms with Gasteiger partial charge >= 0.3 is 5.97 Å². The molecule has 0 aliphatic carbocycles. The Hall–Kier alpha value is -3.40. The van der Waals surface area contributed by atoms with Crippen molar-refractivity contribution in [2.24, 2.45) is 0 Å². The van der Waals surface area contributed by atoms with Gasteiger partial charge in [0.2, 0.25) is 5.60 Å². The molecule has 1 fully saturated rings. The zero-order chi connectivity index (χ0) is 24.7. The van der Waals surface area contributed by atoms with E-state index in [2.05, 4.69) is 21.2 Å². The lowest BCUT2D eigenvalue weighted by molar-refractivity contribution is -0.202. The molecule has 9 heteroatoms. The molecule has 0 radical (unpaired) electrons. The summed E-state index contributed by atoms with van der Waals surface area (Å²) in [6.07, 6.45) is -0.661. The minimum Gasteiger partial charge on any atom is -0.467 e. The molecule has 8 nitrogen and oxygen atoms in total. The Balaban J connectivity index is 1.73. The molecule has 1 unspecified atom stereocenters. The summed E-state index contributed by atoms with van der Waals surface area (Å²) in [5.41, 5.74) is 1.57. The number of aromatic nitrogens is 2. The Labute approximate surface area is 212 Å². The van der Waals surface area contributed by atoms with E-state index in [0.29, 0.717) is 12.1 Å². The molecule has 1 saturated heterocycles. The van der Waals surface area contributed by atoms with Crippen molar-refractivity contribution in [3.63, 3.8) is 0 Å². The molecule has 3 aliphatic rings. The number of nitrogens with one attached hydrogen (secondary N) is 1. The van der Waals surface area contributed by atoms with E-state index in [1.54, 1.807) is 6.92 Å². The average molecular weight is 546 g/mol. The molecular weight excluding hydrogens is 526 g/mol. The first-order chi connectivity index (χ1) is 17.3. The molecule has 2 aromatic heterocycles. The van der Waals surface area contributed by atoms with Gasteiger partial charge in [0.25, 0.3) is 5.91 Å². The number of para-hydroxylation sites is 1. The summed E-state index contributed by atoms with van der Waals surface area (Å²) in [5.74, 6) is -0.842. The predicted molar refractivity (Wildman–Crippen MR) is 137 cm³/mol. The molecule has 180 valence electrons. The highest BCUT2D eigenvalue weighted by Gasteiger charge is 2.65. The number of esters is 1. The van der Waals surface area contributed by atoms with Gasteiger partial charge < -0.3 is 29.0 Å². The summed E-state index contributed by atoms with van der Waals surface area (Å²) in [7, 11) is 1.28. The molecule has 3 aromatic carbocycles. The number of hydrogen-bond donors (Lipinski definition) is 2. The van der Waals surface area contributed by atoms with Crippen LogP contribution < -0.4 is 5.32 Å². The van der Waals surface area contributed by atoms with Crippen molar-refractivity contribution in [1.29, 1.82) is 0 Å². The number of nitrogens with zero attached hydrogens (tertiary/aromatic N) is 2. The number of halogens is 1. The minimum atomic E-state index is -1.94. The molecule has 0 spiro atoms. The first-order valence-corrected chi connectivity index (χ1v) is 12.6. The molecule has 0 saturated carbocycles. The van der Waals surface area contributed by atoms with Gasteiger partial charge in [-0.1, -0.05) is 34.1 Å². The number of fused-ring (bicyclic) bond motifs is 13. The van der Waals surface area contributed by atoms with Crippen molar-refractivity contribution >= 4 is 71.4 Å². The second kappa shape index (κ2) is 6.29. The normalized spacial score (nSPS) is 26.3. The third kappa shape index (κ3) is 2.04. The predicted octanol–water partition coefficient (Wildman–Crippen LogP) is 4.42. The van der Waals surface area contributed by atoms with E-state index >= 15 is 0 Å². The van der Waals surface area contributed by atoms with Gasteiger partial charge in [-0.15, -0.1) is 0 Å². The fourth-order valence-electron chi connectivity index (χ4n) is 6.91. The topological polar surface area (TPSA) is 94.7 Å². The molecule has 2 N–H and O–H groups in total. The van der Waals surface area contributed by atoms with Gasteiger partial charge in [0.1, 0.15) is 6.23 Å². The van der Waals surface area contributed by atoms with Crippen LogP contribution >= 0.6 is 15.9 Å². The Morgan fingerprint density at radius 2 is 1.97 bits per heavy atom. The molecule has 5 aromatic rings. The van der Waals surface area contributed by atoms with Crippen LogP contribution in [0.3, 0.4) is 0 Å². The van der Waals surface area contributed by atoms with Crippen LogP contribution in [0.5, 0.6) is 0 Å². The van der Waals surface area contributed by atoms with Gasteiger partial charge in [0.05, 0.1) is 34.7 Å². The molecule has 36 heavy (non-hydrogen) atoms. The first-order valence-electron chi connectivity index (χ1n) is 11.8. The lowest BCUT2D eigenvalue weighted by Gasteiger charge is -2.37. The highest BCUT2D eigenvalue weighted by atomic mass is 79.9. The van der Waals surface area contributed by atoms with Crippen LogP contribution in [-0.4, -0.2) is 38.8 Å². The van der Waals surface area contributed by atoms with Crippen molar-refractivity contribution in [3.05, 3.63) is 58.1 Å². The van der Waals surface area contributed by atoms with Crippen LogP contribution in [0.15, 0.2) is 46.9 Å². The Kier molecular flexibility index (Phi) is 3.63. The standard InChI is InChI=1S/C27H20BrN3O5/c1-26-27(34,25(33)35-2)10-18(36-26)30-16-8-7-12(28)9-14(16)20-21-15(11-29-24(21)32)19-13-5-3-4-6-17(13)31(26)23(19)22(20)30/h3-9,18,34H,10-11H2,1-2H3,(H,29,32)/t18?,26-,27+/m0/s1. The van der Waals surface area contributed by atoms with E-state index in [4.69, 9.17) is 9.47 Å². The maximum absolute atomic E-state index is 13.3. The van der Waals surface area contributed by atoms with Crippen LogP contribution in [0.2, 0.25) is 0 Å². The first kappa shape index (κ1) is 20.8. The number of amides is 1. The number of ether oxygens (including phenoxy) is 2. The van der Waals surface area contributed by atoms with Crippen molar-refractivity contribution in [2.45, 2.75) is 37.4 Å². The number of benzene rings is 3. The van der Waals surface area contributed by atoms with Gasteiger partial charge in [-0.2, -0.15) is 0 Å². The van der Waals surface area contributed by atoms with Gasteiger partial charge in [0, 0.05) is 39.0 Å². The summed E-state index contributed by atoms with van der Waals surface area (Å²) in [6.45, 7) is 2.15. The quantitative estimate of drug-likeness (QED) is 0.304. The number of carbonyl (C=O) groups is 2. The maximum Gasteiger partial charge on any atom is 0.343 e. The third-order valence-corrected chi connectivity index (χ3v) is 8.90. The third-order valence-electron chi connectivity index (χ3n) is 8.41. The summed E-state index contributed by atoms with van der Waals surface area (Å²) in [6, 6.07) is 13.8. The lowest BCUT2D eigenvalue weighted by Crippen LogP contribution is -2.56. The van der Waals surface area contributed by atoms with Crippen LogP contribution in [-0.2, 0) is 26.5 Å². The zero-order valence-corrected chi connectivity index (χ0v) is 21.0. The zero-order valence-electron chi connectivity index (χ0n) is 19.4. The molecular formula is C27H20BrN3O5. The van der Waals surface area contributed by atoms with Gasteiger partial charge in [-0.3, -0.25) is 4.79 Å². The fourth-order valence-corrected chi connectivity index (χ4v) is 7.28. The van der Waals surface area contributed by atoms with Crippen LogP contribution in [0.4, 0.5) is 0 Å². The Bertz CT molecular complexity index is 1890. The smallest absolute Gasteiger partial charge is 0.343 e. The van der Waals surface area contributed by atoms with Gasteiger partial charge in [0.15, 0.2) is 5.72 Å². The van der Waals surface area contributed by atoms with Crippen molar-refractivity contribution in [2.75, 3.05) is 7.11 Å². The molecule has 8 rings (SSSR count). The summed E-state index contributed by atoms with van der Waals surface area (Å²) < 4.78 is 16.7. The number of rotatable bonds is 1. The SMILES string of the molecule is COC(=O)[C@]1(O)CC2O[C@]1(C)n1c3ccccc3c3c4c(c5c6cc(Br)ccc6n2c5c31)C(=O)NC4. The molecule has 1 amide bonds. The second-order valence-corrected chi connectivity index (χ2v) is 10.9. The van der Waals surface area contributed by atoms with Crippen LogP contribution in [0.1, 0.15) is 35.5 Å². The highest BCUT2D eigenvalue weighted by Crippen LogP contribution is 2.57. The Morgan fingerprint density at radius 3 is 2.78 bits per heavy atom. The summed E-state index contributed by atoms with van der Waals surface area (Å²) in [4.78, 5) is 26.5. The van der Waals surface area contributed by atoms with Gasteiger partial charge in [-0.05, 0) is 36.8 Å². The van der Waals surface area contributed by atoms with E-state index < -0.39 is 23.5 Å². The maximum atomic E-state index is 13.3. The molecule has 5 heterocycles. The number of hydrogen-bond acceptors (Lipinski definition) is 5. The monoisotopic (exact) mass is 545 g/mol.